The monoisotopic (exact) mass is 160 g/mol. The molecule has 0 aromatic carbocycles. The van der Waals surface area contributed by atoms with Crippen molar-refractivity contribution in [3.63, 3.8) is 0 Å². The van der Waals surface area contributed by atoms with Gasteiger partial charge >= 0.3 is 0 Å². The quantitative estimate of drug-likeness (QED) is 0.639. The molecule has 1 heterocycles. The lowest BCUT2D eigenvalue weighted by molar-refractivity contribution is 0.412. The second kappa shape index (κ2) is 3.46. The predicted octanol–water partition coefficient (Wildman–Crippen LogP) is 0.338. The van der Waals surface area contributed by atoms with E-state index in [0.717, 1.165) is 0 Å². The Morgan fingerprint density at radius 1 is 1.80 bits per heavy atom. The van der Waals surface area contributed by atoms with Crippen LogP contribution in [0.2, 0.25) is 0 Å². The molecule has 0 radical (unpaired) electrons. The van der Waals surface area contributed by atoms with E-state index in [1.54, 1.807) is 0 Å². The van der Waals surface area contributed by atoms with Gasteiger partial charge in [-0.2, -0.15) is 4.98 Å². The van der Waals surface area contributed by atoms with Gasteiger partial charge in [0.05, 0.1) is 5.75 Å². The Hall–Kier alpha value is -0.710. The highest BCUT2D eigenvalue weighted by atomic mass is 32.2. The molecule has 0 aliphatic heterocycles. The molecule has 0 fully saturated rings. The van der Waals surface area contributed by atoms with Crippen molar-refractivity contribution in [1.82, 2.24) is 10.1 Å². The summed E-state index contributed by atoms with van der Waals surface area (Å²) < 4.78 is 15.3. The summed E-state index contributed by atoms with van der Waals surface area (Å²) in [5, 5.41) is 3.52. The van der Waals surface area contributed by atoms with Gasteiger partial charge in [-0.05, 0) is 0 Å². The van der Waals surface area contributed by atoms with Gasteiger partial charge in [0.25, 0.3) is 0 Å². The summed E-state index contributed by atoms with van der Waals surface area (Å²) in [5.74, 6) is 1.54. The van der Waals surface area contributed by atoms with Gasteiger partial charge in [0.1, 0.15) is 0 Å². The molecule has 0 aliphatic carbocycles. The number of hydrogen-bond donors (Lipinski definition) is 0. The van der Waals surface area contributed by atoms with Gasteiger partial charge in [-0.3, -0.25) is 4.21 Å². The SMILES string of the molecule is CCS(=O)Cc1ncon1. The third-order valence-corrected chi connectivity index (χ3v) is 2.24. The van der Waals surface area contributed by atoms with Crippen molar-refractivity contribution < 1.29 is 8.73 Å². The van der Waals surface area contributed by atoms with Crippen LogP contribution in [0.15, 0.2) is 10.9 Å². The molecule has 0 amide bonds. The molecule has 10 heavy (non-hydrogen) atoms. The van der Waals surface area contributed by atoms with Crippen molar-refractivity contribution in [1.29, 1.82) is 0 Å². The maximum Gasteiger partial charge on any atom is 0.213 e. The molecule has 1 unspecified atom stereocenters. The fourth-order valence-electron chi connectivity index (χ4n) is 0.502. The third-order valence-electron chi connectivity index (χ3n) is 1.02. The molecule has 1 aromatic heterocycles. The molecule has 1 aromatic rings. The van der Waals surface area contributed by atoms with Crippen LogP contribution in [-0.2, 0) is 16.6 Å². The van der Waals surface area contributed by atoms with Crippen LogP contribution < -0.4 is 0 Å². The minimum atomic E-state index is -0.841. The lowest BCUT2D eigenvalue weighted by Gasteiger charge is -1.89. The second-order valence-corrected chi connectivity index (χ2v) is 3.47. The van der Waals surface area contributed by atoms with Gasteiger partial charge in [0.15, 0.2) is 5.82 Å². The fraction of sp³-hybridized carbons (Fsp3) is 0.600. The second-order valence-electron chi connectivity index (χ2n) is 1.72. The van der Waals surface area contributed by atoms with Gasteiger partial charge in [-0.25, -0.2) is 0 Å². The summed E-state index contributed by atoms with van der Waals surface area (Å²) >= 11 is 0. The standard InChI is InChI=1S/C5H8N2O2S/c1-2-10(8)3-5-6-4-9-7-5/h4H,2-3H2,1H3. The predicted molar refractivity (Wildman–Crippen MR) is 36.7 cm³/mol. The molecule has 1 rings (SSSR count). The minimum Gasteiger partial charge on any atom is -0.343 e. The molecule has 4 nitrogen and oxygen atoms in total. The zero-order chi connectivity index (χ0) is 7.40. The van der Waals surface area contributed by atoms with Crippen LogP contribution in [0.4, 0.5) is 0 Å². The lowest BCUT2D eigenvalue weighted by Crippen LogP contribution is -1.98. The molecular formula is C5H8N2O2S. The van der Waals surface area contributed by atoms with E-state index < -0.39 is 10.8 Å². The summed E-state index contributed by atoms with van der Waals surface area (Å²) in [7, 11) is -0.841. The lowest BCUT2D eigenvalue weighted by atomic mass is 10.7. The molecule has 0 saturated heterocycles. The molecule has 1 atom stereocenters. The first-order valence-electron chi connectivity index (χ1n) is 2.93. The maximum absolute atomic E-state index is 10.9. The first kappa shape index (κ1) is 7.40. The van der Waals surface area contributed by atoms with Crippen LogP contribution in [0, 0.1) is 0 Å². The Bertz CT molecular complexity index is 209. The largest absolute Gasteiger partial charge is 0.343 e. The Morgan fingerprint density at radius 3 is 3.10 bits per heavy atom. The van der Waals surface area contributed by atoms with E-state index in [9.17, 15) is 4.21 Å². The number of aromatic nitrogens is 2. The molecule has 0 spiro atoms. The average Bonchev–Trinajstić information content (AvgIpc) is 2.40. The number of hydrogen-bond acceptors (Lipinski definition) is 4. The summed E-state index contributed by atoms with van der Waals surface area (Å²) in [6, 6.07) is 0. The van der Waals surface area contributed by atoms with Crippen molar-refractivity contribution in [2.75, 3.05) is 5.75 Å². The first-order valence-corrected chi connectivity index (χ1v) is 4.42. The maximum atomic E-state index is 10.9. The fourth-order valence-corrected chi connectivity index (χ4v) is 1.12. The van der Waals surface area contributed by atoms with Crippen LogP contribution >= 0.6 is 0 Å². The molecule has 5 heteroatoms. The number of nitrogens with zero attached hydrogens (tertiary/aromatic N) is 2. The van der Waals surface area contributed by atoms with Crippen molar-refractivity contribution in [3.05, 3.63) is 12.2 Å². The summed E-state index contributed by atoms with van der Waals surface area (Å²) in [4.78, 5) is 3.73. The van der Waals surface area contributed by atoms with Gasteiger partial charge in [0.2, 0.25) is 6.39 Å². The van der Waals surface area contributed by atoms with E-state index in [-0.39, 0.29) is 0 Å². The molecule has 0 N–H and O–H groups in total. The van der Waals surface area contributed by atoms with Crippen LogP contribution in [-0.4, -0.2) is 20.1 Å². The zero-order valence-corrected chi connectivity index (χ0v) is 6.43. The Kier molecular flexibility index (Phi) is 2.56. The van der Waals surface area contributed by atoms with Gasteiger partial charge in [0, 0.05) is 16.6 Å². The highest BCUT2D eigenvalue weighted by Crippen LogP contribution is 1.94. The van der Waals surface area contributed by atoms with E-state index in [0.29, 0.717) is 17.3 Å². The molecule has 0 aliphatic rings. The van der Waals surface area contributed by atoms with Crippen molar-refractivity contribution in [2.45, 2.75) is 12.7 Å². The third kappa shape index (κ3) is 1.91. The zero-order valence-electron chi connectivity index (χ0n) is 5.61. The average molecular weight is 160 g/mol. The van der Waals surface area contributed by atoms with Crippen LogP contribution in [0.25, 0.3) is 0 Å². The van der Waals surface area contributed by atoms with Crippen molar-refractivity contribution in [3.8, 4) is 0 Å². The Balaban J connectivity index is 2.48. The smallest absolute Gasteiger partial charge is 0.213 e. The molecule has 0 bridgehead atoms. The first-order chi connectivity index (χ1) is 4.83. The highest BCUT2D eigenvalue weighted by Gasteiger charge is 2.01. The summed E-state index contributed by atoms with van der Waals surface area (Å²) in [5.41, 5.74) is 0. The van der Waals surface area contributed by atoms with Crippen LogP contribution in [0.3, 0.4) is 0 Å². The number of rotatable bonds is 3. The van der Waals surface area contributed by atoms with Crippen LogP contribution in [0.5, 0.6) is 0 Å². The summed E-state index contributed by atoms with van der Waals surface area (Å²) in [6.07, 6.45) is 1.24. The Morgan fingerprint density at radius 2 is 2.60 bits per heavy atom. The topological polar surface area (TPSA) is 56.0 Å². The highest BCUT2D eigenvalue weighted by molar-refractivity contribution is 7.84. The van der Waals surface area contributed by atoms with E-state index >= 15 is 0 Å². The van der Waals surface area contributed by atoms with Gasteiger partial charge < -0.3 is 4.52 Å². The van der Waals surface area contributed by atoms with Crippen molar-refractivity contribution in [2.24, 2.45) is 0 Å². The van der Waals surface area contributed by atoms with E-state index in [2.05, 4.69) is 14.7 Å². The minimum absolute atomic E-state index is 0.396. The van der Waals surface area contributed by atoms with E-state index in [1.807, 2.05) is 6.92 Å². The molecule has 0 saturated carbocycles. The van der Waals surface area contributed by atoms with Crippen molar-refractivity contribution >= 4 is 10.8 Å². The van der Waals surface area contributed by atoms with E-state index in [4.69, 9.17) is 0 Å². The van der Waals surface area contributed by atoms with Gasteiger partial charge in [-0.15, -0.1) is 0 Å². The molecule has 56 valence electrons. The molecular weight excluding hydrogens is 152 g/mol. The Labute approximate surface area is 61.1 Å². The van der Waals surface area contributed by atoms with Crippen LogP contribution in [0.1, 0.15) is 12.7 Å². The van der Waals surface area contributed by atoms with Gasteiger partial charge in [-0.1, -0.05) is 12.1 Å². The summed E-state index contributed by atoms with van der Waals surface area (Å²) in [6.45, 7) is 1.86. The van der Waals surface area contributed by atoms with E-state index in [1.165, 1.54) is 6.39 Å². The normalized spacial score (nSPS) is 13.3.